The largest absolute Gasteiger partial charge is 0.487 e. The van der Waals surface area contributed by atoms with Gasteiger partial charge in [0.05, 0.1) is 18.2 Å². The molecule has 0 unspecified atom stereocenters. The minimum atomic E-state index is -0.215. The van der Waals surface area contributed by atoms with Crippen molar-refractivity contribution in [3.05, 3.63) is 58.6 Å². The van der Waals surface area contributed by atoms with E-state index in [0.29, 0.717) is 31.2 Å². The lowest BCUT2D eigenvalue weighted by Crippen LogP contribution is -2.53. The number of anilines is 1. The summed E-state index contributed by atoms with van der Waals surface area (Å²) in [6.07, 6.45) is 1.50. The monoisotopic (exact) mass is 441 g/mol. The number of hydrogen-bond donors (Lipinski definition) is 1. The second kappa shape index (κ2) is 9.18. The molecule has 0 bridgehead atoms. The zero-order chi connectivity index (χ0) is 22.0. The highest BCUT2D eigenvalue weighted by Crippen LogP contribution is 2.35. The van der Waals surface area contributed by atoms with Gasteiger partial charge in [-0.2, -0.15) is 0 Å². The summed E-state index contributed by atoms with van der Waals surface area (Å²) in [5.74, 6) is 0.488. The molecule has 3 amide bonds. The molecular weight excluding hydrogens is 414 g/mol. The number of benzene rings is 2. The van der Waals surface area contributed by atoms with Gasteiger partial charge in [0, 0.05) is 24.7 Å². The Morgan fingerprint density at radius 2 is 2.03 bits per heavy atom. The van der Waals surface area contributed by atoms with Gasteiger partial charge in [-0.3, -0.25) is 9.69 Å². The van der Waals surface area contributed by atoms with Gasteiger partial charge in [0.25, 0.3) is 0 Å². The Morgan fingerprint density at radius 1 is 1.19 bits per heavy atom. The third-order valence-electron chi connectivity index (χ3n) is 5.82. The first-order valence-corrected chi connectivity index (χ1v) is 11.1. The Labute approximate surface area is 188 Å². The maximum absolute atomic E-state index is 13.4. The maximum atomic E-state index is 13.4. The standard InChI is InChI=1S/C24H28ClN3O3/c1-16-8-9-22-21(11-16)28(14-17(2)31-22)24(30)27-10-4-6-19(15-27)23(29)26-13-18-5-3-7-20(25)12-18/h3,5,7-9,11-12,17,19H,4,6,10,13-15H2,1-2H3,(H,26,29)/t17-,19+/m1/s1. The van der Waals surface area contributed by atoms with E-state index in [1.54, 1.807) is 9.80 Å². The van der Waals surface area contributed by atoms with Gasteiger partial charge in [0.1, 0.15) is 11.9 Å². The molecule has 2 aliphatic heterocycles. The molecule has 2 atom stereocenters. The number of ether oxygens (including phenoxy) is 1. The van der Waals surface area contributed by atoms with E-state index in [9.17, 15) is 9.59 Å². The minimum Gasteiger partial charge on any atom is -0.487 e. The molecule has 0 radical (unpaired) electrons. The molecule has 0 aromatic heterocycles. The van der Waals surface area contributed by atoms with Gasteiger partial charge in [-0.25, -0.2) is 4.79 Å². The average molecular weight is 442 g/mol. The van der Waals surface area contributed by atoms with Gasteiger partial charge >= 0.3 is 6.03 Å². The molecule has 1 N–H and O–H groups in total. The fourth-order valence-electron chi connectivity index (χ4n) is 4.24. The van der Waals surface area contributed by atoms with Crippen LogP contribution in [0.5, 0.6) is 5.75 Å². The van der Waals surface area contributed by atoms with Crippen molar-refractivity contribution in [2.75, 3.05) is 24.5 Å². The van der Waals surface area contributed by atoms with E-state index in [0.717, 1.165) is 35.4 Å². The molecule has 1 saturated heterocycles. The molecule has 0 aliphatic carbocycles. The SMILES string of the molecule is Cc1ccc2c(c1)N(C(=O)N1CCC[C@H](C(=O)NCc3cccc(Cl)c3)C1)C[C@@H](C)O2. The molecule has 0 saturated carbocycles. The molecule has 2 heterocycles. The van der Waals surface area contributed by atoms with Gasteiger partial charge < -0.3 is 15.0 Å². The molecule has 2 aromatic rings. The number of rotatable bonds is 3. The fraction of sp³-hybridized carbons (Fsp3) is 0.417. The number of urea groups is 1. The van der Waals surface area contributed by atoms with E-state index in [4.69, 9.17) is 16.3 Å². The van der Waals surface area contributed by atoms with Crippen LogP contribution in [0.15, 0.2) is 42.5 Å². The third kappa shape index (κ3) is 4.96. The molecule has 6 nitrogen and oxygen atoms in total. The number of fused-ring (bicyclic) bond motifs is 1. The molecule has 4 rings (SSSR count). The number of hydrogen-bond acceptors (Lipinski definition) is 3. The topological polar surface area (TPSA) is 61.9 Å². The summed E-state index contributed by atoms with van der Waals surface area (Å²) in [4.78, 5) is 29.8. The highest BCUT2D eigenvalue weighted by Gasteiger charge is 2.34. The average Bonchev–Trinajstić information content (AvgIpc) is 2.77. The Hall–Kier alpha value is -2.73. The Balaban J connectivity index is 1.42. The van der Waals surface area contributed by atoms with E-state index in [1.807, 2.05) is 56.3 Å². The minimum absolute atomic E-state index is 0.0240. The first-order chi connectivity index (χ1) is 14.9. The van der Waals surface area contributed by atoms with Gasteiger partial charge in [-0.15, -0.1) is 0 Å². The van der Waals surface area contributed by atoms with Crippen LogP contribution in [0.25, 0.3) is 0 Å². The summed E-state index contributed by atoms with van der Waals surface area (Å²) in [6, 6.07) is 13.3. The summed E-state index contributed by atoms with van der Waals surface area (Å²) >= 11 is 6.02. The fourth-order valence-corrected chi connectivity index (χ4v) is 4.46. The summed E-state index contributed by atoms with van der Waals surface area (Å²) in [5.41, 5.74) is 2.83. The van der Waals surface area contributed by atoms with Crippen LogP contribution in [0.3, 0.4) is 0 Å². The highest BCUT2D eigenvalue weighted by atomic mass is 35.5. The van der Waals surface area contributed by atoms with Crippen LogP contribution in [0, 0.1) is 12.8 Å². The number of halogens is 1. The zero-order valence-electron chi connectivity index (χ0n) is 17.9. The lowest BCUT2D eigenvalue weighted by Gasteiger charge is -2.39. The van der Waals surface area contributed by atoms with Crippen LogP contribution in [-0.4, -0.2) is 42.6 Å². The van der Waals surface area contributed by atoms with Crippen LogP contribution in [-0.2, 0) is 11.3 Å². The highest BCUT2D eigenvalue weighted by molar-refractivity contribution is 6.30. The Kier molecular flexibility index (Phi) is 6.37. The van der Waals surface area contributed by atoms with E-state index in [1.165, 1.54) is 0 Å². The second-order valence-electron chi connectivity index (χ2n) is 8.43. The number of carbonyl (C=O) groups is 2. The van der Waals surface area contributed by atoms with E-state index in [2.05, 4.69) is 5.32 Å². The van der Waals surface area contributed by atoms with Gasteiger partial charge in [-0.1, -0.05) is 29.8 Å². The van der Waals surface area contributed by atoms with E-state index in [-0.39, 0.29) is 24.0 Å². The molecule has 2 aromatic carbocycles. The molecule has 1 fully saturated rings. The lowest BCUT2D eigenvalue weighted by molar-refractivity contribution is -0.126. The first kappa shape index (κ1) is 21.5. The predicted molar refractivity (Wildman–Crippen MR) is 122 cm³/mol. The Morgan fingerprint density at radius 3 is 2.84 bits per heavy atom. The number of likely N-dealkylation sites (tertiary alicyclic amines) is 1. The summed E-state index contributed by atoms with van der Waals surface area (Å²) in [7, 11) is 0. The van der Waals surface area contributed by atoms with Crippen molar-refractivity contribution < 1.29 is 14.3 Å². The summed E-state index contributed by atoms with van der Waals surface area (Å²) in [5, 5.41) is 3.65. The molecular formula is C24H28ClN3O3. The molecule has 2 aliphatic rings. The van der Waals surface area contributed by atoms with Crippen molar-refractivity contribution in [1.82, 2.24) is 10.2 Å². The predicted octanol–water partition coefficient (Wildman–Crippen LogP) is 4.38. The quantitative estimate of drug-likeness (QED) is 0.768. The number of nitrogens with zero attached hydrogens (tertiary/aromatic N) is 2. The number of amides is 3. The lowest BCUT2D eigenvalue weighted by atomic mass is 9.97. The maximum Gasteiger partial charge on any atom is 0.324 e. The zero-order valence-corrected chi connectivity index (χ0v) is 18.7. The first-order valence-electron chi connectivity index (χ1n) is 10.8. The van der Waals surface area contributed by atoms with Crippen molar-refractivity contribution >= 4 is 29.2 Å². The van der Waals surface area contributed by atoms with Gasteiger partial charge in [0.2, 0.25) is 5.91 Å². The number of piperidine rings is 1. The second-order valence-corrected chi connectivity index (χ2v) is 8.86. The molecule has 31 heavy (non-hydrogen) atoms. The van der Waals surface area contributed by atoms with Crippen LogP contribution >= 0.6 is 11.6 Å². The van der Waals surface area contributed by atoms with Crippen molar-refractivity contribution in [2.45, 2.75) is 39.3 Å². The van der Waals surface area contributed by atoms with Gasteiger partial charge in [-0.05, 0) is 62.1 Å². The molecule has 0 spiro atoms. The number of carbonyl (C=O) groups excluding carboxylic acids is 2. The number of aryl methyl sites for hydroxylation is 1. The van der Waals surface area contributed by atoms with Crippen LogP contribution in [0.2, 0.25) is 5.02 Å². The van der Waals surface area contributed by atoms with E-state index >= 15 is 0 Å². The van der Waals surface area contributed by atoms with Crippen LogP contribution < -0.4 is 15.0 Å². The van der Waals surface area contributed by atoms with Crippen molar-refractivity contribution in [3.8, 4) is 5.75 Å². The summed E-state index contributed by atoms with van der Waals surface area (Å²) < 4.78 is 5.91. The van der Waals surface area contributed by atoms with Gasteiger partial charge in [0.15, 0.2) is 0 Å². The van der Waals surface area contributed by atoms with Crippen molar-refractivity contribution in [3.63, 3.8) is 0 Å². The third-order valence-corrected chi connectivity index (χ3v) is 6.06. The summed E-state index contributed by atoms with van der Waals surface area (Å²) in [6.45, 7) is 5.97. The Bertz CT molecular complexity index is 980. The van der Waals surface area contributed by atoms with Crippen molar-refractivity contribution in [1.29, 1.82) is 0 Å². The van der Waals surface area contributed by atoms with Crippen LogP contribution in [0.4, 0.5) is 10.5 Å². The smallest absolute Gasteiger partial charge is 0.324 e. The number of nitrogens with one attached hydrogen (secondary N) is 1. The molecule has 7 heteroatoms. The van der Waals surface area contributed by atoms with Crippen LogP contribution in [0.1, 0.15) is 30.9 Å². The van der Waals surface area contributed by atoms with E-state index < -0.39 is 0 Å². The molecule has 164 valence electrons. The normalized spacial score (nSPS) is 20.6. The van der Waals surface area contributed by atoms with Crippen molar-refractivity contribution in [2.24, 2.45) is 5.92 Å².